The lowest BCUT2D eigenvalue weighted by Gasteiger charge is -2.10. The molecule has 112 valence electrons. The van der Waals surface area contributed by atoms with Crippen LogP contribution in [0.25, 0.3) is 0 Å². The largest absolute Gasteiger partial charge is 0.506 e. The first-order valence-corrected chi connectivity index (χ1v) is 7.68. The molecule has 1 N–H and O–H groups in total. The van der Waals surface area contributed by atoms with Crippen molar-refractivity contribution in [2.45, 2.75) is 32.1 Å². The van der Waals surface area contributed by atoms with Gasteiger partial charge in [0.2, 0.25) is 5.88 Å². The van der Waals surface area contributed by atoms with Crippen molar-refractivity contribution in [2.24, 2.45) is 7.05 Å². The molecule has 0 saturated heterocycles. The third-order valence-corrected chi connectivity index (χ3v) is 4.24. The minimum absolute atomic E-state index is 0.0568. The van der Waals surface area contributed by atoms with Crippen LogP contribution in [0, 0.1) is 0 Å². The van der Waals surface area contributed by atoms with Crippen molar-refractivity contribution in [1.29, 1.82) is 0 Å². The number of aromatic hydroxyl groups is 1. The van der Waals surface area contributed by atoms with Crippen molar-refractivity contribution < 1.29 is 9.84 Å². The standard InChI is InChI=1S/C15H16Cl2N2O2/c1-3-9-14(8-4-5-8)18-19(2)15(9)21-13-7-12(20)10(16)6-11(13)17/h6-8,20H,3-5H2,1-2H3. The van der Waals surface area contributed by atoms with E-state index in [9.17, 15) is 5.11 Å². The van der Waals surface area contributed by atoms with Gasteiger partial charge in [-0.2, -0.15) is 5.10 Å². The Balaban J connectivity index is 2.00. The number of phenolic OH excluding ortho intramolecular Hbond substituents is 1. The highest BCUT2D eigenvalue weighted by molar-refractivity contribution is 6.36. The van der Waals surface area contributed by atoms with Gasteiger partial charge in [0.1, 0.15) is 5.75 Å². The van der Waals surface area contributed by atoms with Crippen LogP contribution in [-0.4, -0.2) is 14.9 Å². The molecule has 0 unspecified atom stereocenters. The summed E-state index contributed by atoms with van der Waals surface area (Å²) in [5.41, 5.74) is 2.22. The number of hydrogen-bond acceptors (Lipinski definition) is 3. The van der Waals surface area contributed by atoms with E-state index in [4.69, 9.17) is 27.9 Å². The van der Waals surface area contributed by atoms with Crippen molar-refractivity contribution >= 4 is 23.2 Å². The Labute approximate surface area is 133 Å². The van der Waals surface area contributed by atoms with Crippen LogP contribution in [0.2, 0.25) is 10.0 Å². The first-order chi connectivity index (χ1) is 10.0. The van der Waals surface area contributed by atoms with Crippen molar-refractivity contribution in [3.8, 4) is 17.4 Å². The molecule has 0 atom stereocenters. The molecule has 1 saturated carbocycles. The molecule has 0 spiro atoms. The Morgan fingerprint density at radius 3 is 2.67 bits per heavy atom. The summed E-state index contributed by atoms with van der Waals surface area (Å²) in [6.07, 6.45) is 3.21. The van der Waals surface area contributed by atoms with Crippen molar-refractivity contribution in [3.63, 3.8) is 0 Å². The molecule has 2 aromatic rings. The topological polar surface area (TPSA) is 47.3 Å². The first kappa shape index (κ1) is 14.5. The van der Waals surface area contributed by atoms with Gasteiger partial charge in [0.15, 0.2) is 5.75 Å². The molecule has 3 rings (SSSR count). The van der Waals surface area contributed by atoms with Crippen molar-refractivity contribution in [3.05, 3.63) is 33.4 Å². The molecule has 21 heavy (non-hydrogen) atoms. The molecule has 1 aromatic carbocycles. The molecule has 6 heteroatoms. The van der Waals surface area contributed by atoms with Crippen LogP contribution in [0.1, 0.15) is 36.9 Å². The molecular formula is C15H16Cl2N2O2. The molecule has 0 aliphatic heterocycles. The number of aryl methyl sites for hydroxylation is 1. The molecule has 1 aromatic heterocycles. The van der Waals surface area contributed by atoms with Crippen LogP contribution < -0.4 is 4.74 Å². The van der Waals surface area contributed by atoms with E-state index >= 15 is 0 Å². The van der Waals surface area contributed by atoms with Gasteiger partial charge in [-0.1, -0.05) is 30.1 Å². The summed E-state index contributed by atoms with van der Waals surface area (Å²) >= 11 is 12.0. The van der Waals surface area contributed by atoms with E-state index in [0.29, 0.717) is 22.6 Å². The summed E-state index contributed by atoms with van der Waals surface area (Å²) in [4.78, 5) is 0. The van der Waals surface area contributed by atoms with E-state index < -0.39 is 0 Å². The summed E-state index contributed by atoms with van der Waals surface area (Å²) in [6.45, 7) is 2.08. The van der Waals surface area contributed by atoms with Crippen molar-refractivity contribution in [1.82, 2.24) is 9.78 Å². The van der Waals surface area contributed by atoms with Gasteiger partial charge >= 0.3 is 0 Å². The quantitative estimate of drug-likeness (QED) is 0.888. The summed E-state index contributed by atoms with van der Waals surface area (Å²) in [5, 5.41) is 14.8. The molecule has 1 fully saturated rings. The highest BCUT2D eigenvalue weighted by Gasteiger charge is 2.31. The van der Waals surface area contributed by atoms with E-state index in [0.717, 1.165) is 17.7 Å². The average Bonchev–Trinajstić information content (AvgIpc) is 3.22. The van der Waals surface area contributed by atoms with Gasteiger partial charge in [0.05, 0.1) is 15.7 Å². The minimum Gasteiger partial charge on any atom is -0.506 e. The molecule has 4 nitrogen and oxygen atoms in total. The lowest BCUT2D eigenvalue weighted by Crippen LogP contribution is -1.97. The van der Waals surface area contributed by atoms with Gasteiger partial charge in [-0.05, 0) is 25.3 Å². The van der Waals surface area contributed by atoms with E-state index in [1.54, 1.807) is 4.68 Å². The number of benzene rings is 1. The van der Waals surface area contributed by atoms with Gasteiger partial charge in [0, 0.05) is 24.6 Å². The lowest BCUT2D eigenvalue weighted by atomic mass is 10.1. The highest BCUT2D eigenvalue weighted by atomic mass is 35.5. The van der Waals surface area contributed by atoms with Crippen LogP contribution in [-0.2, 0) is 13.5 Å². The fourth-order valence-electron chi connectivity index (χ4n) is 2.42. The van der Waals surface area contributed by atoms with E-state index in [1.807, 2.05) is 7.05 Å². The number of halogens is 2. The average molecular weight is 327 g/mol. The van der Waals surface area contributed by atoms with Crippen molar-refractivity contribution in [2.75, 3.05) is 0 Å². The number of aromatic nitrogens is 2. The van der Waals surface area contributed by atoms with Gasteiger partial charge in [0.25, 0.3) is 0 Å². The second-order valence-electron chi connectivity index (χ2n) is 5.26. The third kappa shape index (κ3) is 2.70. The molecule has 1 heterocycles. The number of phenols is 1. The summed E-state index contributed by atoms with van der Waals surface area (Å²) in [5.74, 6) is 1.54. The number of rotatable bonds is 4. The third-order valence-electron chi connectivity index (χ3n) is 3.64. The highest BCUT2D eigenvalue weighted by Crippen LogP contribution is 2.45. The van der Waals surface area contributed by atoms with E-state index in [-0.39, 0.29) is 10.8 Å². The number of hydrogen-bond donors (Lipinski definition) is 1. The van der Waals surface area contributed by atoms with Gasteiger partial charge in [-0.3, -0.25) is 0 Å². The van der Waals surface area contributed by atoms with E-state index in [1.165, 1.54) is 25.0 Å². The predicted octanol–water partition coefficient (Wildman–Crippen LogP) is 4.66. The molecule has 0 bridgehead atoms. The van der Waals surface area contributed by atoms with E-state index in [2.05, 4.69) is 12.0 Å². The first-order valence-electron chi connectivity index (χ1n) is 6.92. The predicted molar refractivity (Wildman–Crippen MR) is 82.8 cm³/mol. The lowest BCUT2D eigenvalue weighted by molar-refractivity contribution is 0.419. The van der Waals surface area contributed by atoms with Crippen LogP contribution >= 0.6 is 23.2 Å². The Hall–Kier alpha value is -1.39. The molecular weight excluding hydrogens is 311 g/mol. The normalized spacial score (nSPS) is 14.5. The second kappa shape index (κ2) is 5.43. The maximum atomic E-state index is 9.71. The summed E-state index contributed by atoms with van der Waals surface area (Å²) in [7, 11) is 1.85. The molecule has 1 aliphatic carbocycles. The smallest absolute Gasteiger partial charge is 0.221 e. The fraction of sp³-hybridized carbons (Fsp3) is 0.400. The van der Waals surface area contributed by atoms with Crippen LogP contribution in [0.5, 0.6) is 17.4 Å². The van der Waals surface area contributed by atoms with Crippen LogP contribution in [0.4, 0.5) is 0 Å². The van der Waals surface area contributed by atoms with Gasteiger partial charge < -0.3 is 9.84 Å². The Bertz CT molecular complexity index is 693. The zero-order valence-corrected chi connectivity index (χ0v) is 13.4. The Morgan fingerprint density at radius 2 is 2.05 bits per heavy atom. The summed E-state index contributed by atoms with van der Waals surface area (Å²) < 4.78 is 7.64. The number of ether oxygens (including phenoxy) is 1. The second-order valence-corrected chi connectivity index (χ2v) is 6.07. The molecule has 0 radical (unpaired) electrons. The van der Waals surface area contributed by atoms with Gasteiger partial charge in [-0.15, -0.1) is 0 Å². The maximum Gasteiger partial charge on any atom is 0.221 e. The zero-order valence-electron chi connectivity index (χ0n) is 11.9. The SMILES string of the molecule is CCc1c(C2CC2)nn(C)c1Oc1cc(O)c(Cl)cc1Cl. The van der Waals surface area contributed by atoms with Crippen LogP contribution in [0.15, 0.2) is 12.1 Å². The monoisotopic (exact) mass is 326 g/mol. The summed E-state index contributed by atoms with van der Waals surface area (Å²) in [6, 6.07) is 2.89. The van der Waals surface area contributed by atoms with Crippen LogP contribution in [0.3, 0.4) is 0 Å². The zero-order chi connectivity index (χ0) is 15.1. The Kier molecular flexibility index (Phi) is 3.76. The minimum atomic E-state index is -0.0568. The fourth-order valence-corrected chi connectivity index (χ4v) is 2.84. The molecule has 0 amide bonds. The number of nitrogens with zero attached hydrogens (tertiary/aromatic N) is 2. The maximum absolute atomic E-state index is 9.71. The van der Waals surface area contributed by atoms with Gasteiger partial charge in [-0.25, -0.2) is 4.68 Å². The Morgan fingerprint density at radius 1 is 1.33 bits per heavy atom. The molecule has 1 aliphatic rings.